The minimum Gasteiger partial charge on any atom is -0.481 e. The zero-order chi connectivity index (χ0) is 20.2. The molecule has 0 spiro atoms. The Morgan fingerprint density at radius 2 is 1.66 bits per heavy atom. The fourth-order valence-electron chi connectivity index (χ4n) is 4.44. The van der Waals surface area contributed by atoms with Gasteiger partial charge < -0.3 is 19.8 Å². The van der Waals surface area contributed by atoms with Crippen LogP contribution in [-0.2, 0) is 11.2 Å². The van der Waals surface area contributed by atoms with E-state index in [2.05, 4.69) is 9.80 Å². The number of piperazine rings is 1. The minimum atomic E-state index is -0.838. The van der Waals surface area contributed by atoms with Crippen LogP contribution in [0.15, 0.2) is 42.5 Å². The highest BCUT2D eigenvalue weighted by Gasteiger charge is 2.34. The first-order valence-electron chi connectivity index (χ1n) is 10.3. The Bertz CT molecular complexity index is 862. The minimum absolute atomic E-state index is 0.217. The summed E-state index contributed by atoms with van der Waals surface area (Å²) in [5.41, 5.74) is 2.58. The summed E-state index contributed by atoms with van der Waals surface area (Å²) >= 11 is 0. The van der Waals surface area contributed by atoms with Crippen LogP contribution in [0.4, 0.5) is 0 Å². The number of hydrogen-bond donors (Lipinski definition) is 2. The summed E-state index contributed by atoms with van der Waals surface area (Å²) in [5, 5.41) is 19.0. The maximum atomic E-state index is 12.2. The molecule has 1 fully saturated rings. The molecule has 1 saturated heterocycles. The van der Waals surface area contributed by atoms with Gasteiger partial charge in [-0.3, -0.25) is 9.69 Å². The zero-order valence-electron chi connectivity index (χ0n) is 16.6. The number of fused-ring (bicyclic) bond motifs is 2. The molecule has 154 valence electrons. The van der Waals surface area contributed by atoms with Crippen molar-refractivity contribution in [1.29, 1.82) is 0 Å². The SMILES string of the molecule is O=C(O)C1c2ccccc2Oc2cccc(CCCN3CCN(CCO)CC3)c21. The number of nitrogens with zero attached hydrogens (tertiary/aromatic N) is 2. The molecule has 0 aliphatic carbocycles. The first-order chi connectivity index (χ1) is 14.2. The number of para-hydroxylation sites is 1. The quantitative estimate of drug-likeness (QED) is 0.749. The van der Waals surface area contributed by atoms with Crippen LogP contribution in [0.1, 0.15) is 29.0 Å². The lowest BCUT2D eigenvalue weighted by Crippen LogP contribution is -2.47. The predicted octanol–water partition coefficient (Wildman–Crippen LogP) is 2.55. The topological polar surface area (TPSA) is 73.2 Å². The van der Waals surface area contributed by atoms with E-state index >= 15 is 0 Å². The number of aliphatic carboxylic acids is 1. The van der Waals surface area contributed by atoms with Crippen molar-refractivity contribution in [3.05, 3.63) is 59.2 Å². The van der Waals surface area contributed by atoms with E-state index in [4.69, 9.17) is 9.84 Å². The van der Waals surface area contributed by atoms with Crippen molar-refractivity contribution in [3.8, 4) is 11.5 Å². The maximum Gasteiger partial charge on any atom is 0.315 e. The number of ether oxygens (including phenoxy) is 1. The van der Waals surface area contributed by atoms with Gasteiger partial charge in [-0.2, -0.15) is 0 Å². The van der Waals surface area contributed by atoms with E-state index in [1.54, 1.807) is 0 Å². The van der Waals surface area contributed by atoms with Crippen LogP contribution in [0.3, 0.4) is 0 Å². The van der Waals surface area contributed by atoms with Crippen LogP contribution in [0.2, 0.25) is 0 Å². The first-order valence-corrected chi connectivity index (χ1v) is 10.3. The van der Waals surface area contributed by atoms with Gasteiger partial charge in [0.15, 0.2) is 0 Å². The number of hydrogen-bond acceptors (Lipinski definition) is 5. The van der Waals surface area contributed by atoms with Crippen molar-refractivity contribution in [1.82, 2.24) is 9.80 Å². The van der Waals surface area contributed by atoms with E-state index in [0.29, 0.717) is 11.5 Å². The van der Waals surface area contributed by atoms with Gasteiger partial charge in [0.05, 0.1) is 6.61 Å². The molecule has 2 N–H and O–H groups in total. The predicted molar refractivity (Wildman–Crippen MR) is 111 cm³/mol. The van der Waals surface area contributed by atoms with Gasteiger partial charge in [-0.15, -0.1) is 0 Å². The smallest absolute Gasteiger partial charge is 0.315 e. The van der Waals surface area contributed by atoms with E-state index in [0.717, 1.165) is 68.8 Å². The third-order valence-corrected chi connectivity index (χ3v) is 5.94. The van der Waals surface area contributed by atoms with Gasteiger partial charge in [0.2, 0.25) is 0 Å². The summed E-state index contributed by atoms with van der Waals surface area (Å²) in [6.45, 7) is 5.98. The third kappa shape index (κ3) is 4.29. The van der Waals surface area contributed by atoms with Crippen molar-refractivity contribution in [3.63, 3.8) is 0 Å². The van der Waals surface area contributed by atoms with E-state index in [1.807, 2.05) is 42.5 Å². The highest BCUT2D eigenvalue weighted by molar-refractivity contribution is 5.84. The van der Waals surface area contributed by atoms with Crippen molar-refractivity contribution < 1.29 is 19.7 Å². The van der Waals surface area contributed by atoms with Gasteiger partial charge in [-0.25, -0.2) is 0 Å². The summed E-state index contributed by atoms with van der Waals surface area (Å²) in [6.07, 6.45) is 1.81. The van der Waals surface area contributed by atoms with Gasteiger partial charge in [0, 0.05) is 43.9 Å². The summed E-state index contributed by atoms with van der Waals surface area (Å²) in [7, 11) is 0. The molecule has 0 bridgehead atoms. The molecule has 2 aliphatic rings. The Morgan fingerprint density at radius 3 is 2.38 bits per heavy atom. The molecule has 1 unspecified atom stereocenters. The Labute approximate surface area is 171 Å². The van der Waals surface area contributed by atoms with Crippen molar-refractivity contribution in [2.45, 2.75) is 18.8 Å². The third-order valence-electron chi connectivity index (χ3n) is 5.94. The molecule has 6 heteroatoms. The molecule has 2 heterocycles. The highest BCUT2D eigenvalue weighted by Crippen LogP contribution is 2.45. The second-order valence-corrected chi connectivity index (χ2v) is 7.75. The second kappa shape index (κ2) is 8.95. The molecule has 2 aromatic carbocycles. The molecule has 0 amide bonds. The molecule has 0 aromatic heterocycles. The lowest BCUT2D eigenvalue weighted by molar-refractivity contribution is -0.137. The van der Waals surface area contributed by atoms with Gasteiger partial charge >= 0.3 is 5.97 Å². The number of aliphatic hydroxyl groups is 1. The lowest BCUT2D eigenvalue weighted by atomic mass is 9.84. The van der Waals surface area contributed by atoms with Gasteiger partial charge in [-0.05, 0) is 37.1 Å². The normalized spacial score (nSPS) is 19.3. The highest BCUT2D eigenvalue weighted by atomic mass is 16.5. The number of rotatable bonds is 7. The van der Waals surface area contributed by atoms with Crippen molar-refractivity contribution in [2.24, 2.45) is 0 Å². The number of carbonyl (C=O) groups is 1. The molecule has 2 aromatic rings. The number of carboxylic acid groups (broad SMARTS) is 1. The molecular weight excluding hydrogens is 368 g/mol. The molecule has 6 nitrogen and oxygen atoms in total. The number of carboxylic acids is 1. The van der Waals surface area contributed by atoms with Gasteiger partial charge in [-0.1, -0.05) is 30.3 Å². The number of aryl methyl sites for hydroxylation is 1. The zero-order valence-corrected chi connectivity index (χ0v) is 16.6. The van der Waals surface area contributed by atoms with Crippen molar-refractivity contribution >= 4 is 5.97 Å². The Morgan fingerprint density at radius 1 is 0.966 bits per heavy atom. The van der Waals surface area contributed by atoms with E-state index in [-0.39, 0.29) is 6.61 Å². The van der Waals surface area contributed by atoms with Crippen LogP contribution >= 0.6 is 0 Å². The monoisotopic (exact) mass is 396 g/mol. The van der Waals surface area contributed by atoms with Gasteiger partial charge in [0.1, 0.15) is 17.4 Å². The average Bonchev–Trinajstić information content (AvgIpc) is 2.73. The molecule has 1 atom stereocenters. The molecule has 0 radical (unpaired) electrons. The molecule has 0 saturated carbocycles. The van der Waals surface area contributed by atoms with Crippen LogP contribution in [-0.4, -0.2) is 71.9 Å². The summed E-state index contributed by atoms with van der Waals surface area (Å²) in [6, 6.07) is 13.3. The van der Waals surface area contributed by atoms with E-state index in [9.17, 15) is 9.90 Å². The lowest BCUT2D eigenvalue weighted by Gasteiger charge is -2.34. The van der Waals surface area contributed by atoms with Gasteiger partial charge in [0.25, 0.3) is 0 Å². The van der Waals surface area contributed by atoms with Crippen LogP contribution < -0.4 is 4.74 Å². The van der Waals surface area contributed by atoms with Crippen LogP contribution in [0.5, 0.6) is 11.5 Å². The van der Waals surface area contributed by atoms with Crippen LogP contribution in [0.25, 0.3) is 0 Å². The van der Waals surface area contributed by atoms with E-state index < -0.39 is 11.9 Å². The molecule has 2 aliphatic heterocycles. The first kappa shape index (κ1) is 19.9. The summed E-state index contributed by atoms with van der Waals surface area (Å²) in [4.78, 5) is 16.9. The summed E-state index contributed by atoms with van der Waals surface area (Å²) < 4.78 is 6.03. The van der Waals surface area contributed by atoms with Crippen LogP contribution in [0, 0.1) is 0 Å². The van der Waals surface area contributed by atoms with Crippen molar-refractivity contribution in [2.75, 3.05) is 45.9 Å². The summed E-state index contributed by atoms with van der Waals surface area (Å²) in [5.74, 6) is -0.237. The largest absolute Gasteiger partial charge is 0.481 e. The Balaban J connectivity index is 1.45. The Kier molecular flexibility index (Phi) is 6.13. The molecule has 4 rings (SSSR count). The fraction of sp³-hybridized carbons (Fsp3) is 0.435. The number of aliphatic hydroxyl groups excluding tert-OH is 1. The Hall–Kier alpha value is -2.41. The standard InChI is InChI=1S/C23H28N2O4/c26-16-15-25-13-11-24(12-14-25)10-4-6-17-5-3-9-20-21(17)22(23(27)28)18-7-1-2-8-19(18)29-20/h1-3,5,7-9,22,26H,4,6,10-16H2,(H,27,28). The second-order valence-electron chi connectivity index (χ2n) is 7.75. The molecular formula is C23H28N2O4. The molecule has 29 heavy (non-hydrogen) atoms. The number of β-amino-alcohol motifs (C(OH)–C–C–N with tert-alkyl or cyclic N) is 1. The number of benzene rings is 2. The van der Waals surface area contributed by atoms with E-state index in [1.165, 1.54) is 0 Å². The average molecular weight is 396 g/mol. The fourth-order valence-corrected chi connectivity index (χ4v) is 4.44. The maximum absolute atomic E-state index is 12.2.